The van der Waals surface area contributed by atoms with E-state index in [4.69, 9.17) is 4.42 Å². The van der Waals surface area contributed by atoms with E-state index in [1.54, 1.807) is 21.6 Å². The lowest BCUT2D eigenvalue weighted by atomic mass is 9.83. The van der Waals surface area contributed by atoms with Crippen LogP contribution in [0, 0.1) is 11.7 Å². The molecule has 0 radical (unpaired) electrons. The second-order valence-corrected chi connectivity index (χ2v) is 8.16. The SMILES string of the molecule is O=C(Nc1ccc2n(c1=O)C[C@H]1C[C@@H]2CN(C(=O)Nc2ccc(F)cc2)C1)c1ccco1. The molecule has 2 bridgehead atoms. The molecule has 0 saturated carbocycles. The molecule has 2 atom stereocenters. The minimum atomic E-state index is -0.479. The normalized spacial score (nSPS) is 19.2. The molecule has 32 heavy (non-hydrogen) atoms. The van der Waals surface area contributed by atoms with Crippen molar-refractivity contribution in [2.24, 2.45) is 5.92 Å². The number of pyridine rings is 1. The fraction of sp³-hybridized carbons (Fsp3) is 0.261. The number of amides is 3. The van der Waals surface area contributed by atoms with E-state index in [0.29, 0.717) is 25.3 Å². The monoisotopic (exact) mass is 436 g/mol. The third-order valence-electron chi connectivity index (χ3n) is 5.98. The number of hydrogen-bond acceptors (Lipinski definition) is 4. The highest BCUT2D eigenvalue weighted by Crippen LogP contribution is 2.35. The quantitative estimate of drug-likeness (QED) is 0.657. The standard InChI is InChI=1S/C23H21FN4O4/c24-16-3-5-17(6-4-16)25-23(31)27-11-14-10-15(13-27)19-8-7-18(22(30)28(19)12-14)26-21(29)20-2-1-9-32-20/h1-9,14-15H,10-13H2,(H,25,31)(H,26,29)/t14-,15+/m0/s1. The van der Waals surface area contributed by atoms with Crippen molar-refractivity contribution in [1.29, 1.82) is 0 Å². The van der Waals surface area contributed by atoms with E-state index in [2.05, 4.69) is 10.6 Å². The van der Waals surface area contributed by atoms with Gasteiger partial charge in [-0.2, -0.15) is 0 Å². The fourth-order valence-corrected chi connectivity index (χ4v) is 4.53. The van der Waals surface area contributed by atoms with Crippen molar-refractivity contribution in [1.82, 2.24) is 9.47 Å². The summed E-state index contributed by atoms with van der Waals surface area (Å²) in [6.45, 7) is 1.45. The molecule has 9 heteroatoms. The molecule has 1 fully saturated rings. The van der Waals surface area contributed by atoms with E-state index in [1.807, 2.05) is 6.07 Å². The van der Waals surface area contributed by atoms with Crippen molar-refractivity contribution < 1.29 is 18.4 Å². The zero-order valence-corrected chi connectivity index (χ0v) is 17.1. The van der Waals surface area contributed by atoms with Gasteiger partial charge in [0.2, 0.25) is 0 Å². The second kappa shape index (κ2) is 7.99. The van der Waals surface area contributed by atoms with Gasteiger partial charge in [-0.1, -0.05) is 0 Å². The number of carbonyl (C=O) groups excluding carboxylic acids is 2. The number of halogens is 1. The van der Waals surface area contributed by atoms with E-state index < -0.39 is 5.91 Å². The Morgan fingerprint density at radius 3 is 2.56 bits per heavy atom. The Morgan fingerprint density at radius 2 is 1.81 bits per heavy atom. The molecule has 2 aromatic heterocycles. The number of likely N-dealkylation sites (tertiary alicyclic amines) is 1. The van der Waals surface area contributed by atoms with E-state index >= 15 is 0 Å². The first-order valence-electron chi connectivity index (χ1n) is 10.4. The van der Waals surface area contributed by atoms with Gasteiger partial charge in [-0.05, 0) is 60.9 Å². The summed E-state index contributed by atoms with van der Waals surface area (Å²) in [7, 11) is 0. The van der Waals surface area contributed by atoms with Gasteiger partial charge in [0.1, 0.15) is 11.5 Å². The Morgan fingerprint density at radius 1 is 1.00 bits per heavy atom. The van der Waals surface area contributed by atoms with Crippen LogP contribution in [-0.2, 0) is 6.54 Å². The molecule has 2 N–H and O–H groups in total. The van der Waals surface area contributed by atoms with Gasteiger partial charge in [0, 0.05) is 36.9 Å². The summed E-state index contributed by atoms with van der Waals surface area (Å²) >= 11 is 0. The average Bonchev–Trinajstić information content (AvgIpc) is 3.32. The fourth-order valence-electron chi connectivity index (χ4n) is 4.53. The number of piperidine rings is 1. The highest BCUT2D eigenvalue weighted by Gasteiger charge is 2.36. The molecule has 0 aliphatic carbocycles. The molecular weight excluding hydrogens is 415 g/mol. The van der Waals surface area contributed by atoms with E-state index in [1.165, 1.54) is 36.6 Å². The molecule has 3 aromatic rings. The Kier molecular flexibility index (Phi) is 5.01. The Hall–Kier alpha value is -3.88. The van der Waals surface area contributed by atoms with Crippen LogP contribution >= 0.6 is 0 Å². The predicted molar refractivity (Wildman–Crippen MR) is 115 cm³/mol. The van der Waals surface area contributed by atoms with Crippen molar-refractivity contribution in [2.45, 2.75) is 18.9 Å². The minimum Gasteiger partial charge on any atom is -0.459 e. The van der Waals surface area contributed by atoms with Crippen LogP contribution in [0.5, 0.6) is 0 Å². The van der Waals surface area contributed by atoms with Gasteiger partial charge in [-0.15, -0.1) is 0 Å². The number of carbonyl (C=O) groups is 2. The van der Waals surface area contributed by atoms with Gasteiger partial charge in [0.15, 0.2) is 5.76 Å². The number of anilines is 2. The van der Waals surface area contributed by atoms with Gasteiger partial charge < -0.3 is 24.5 Å². The highest BCUT2D eigenvalue weighted by molar-refractivity contribution is 6.02. The Bertz CT molecular complexity index is 1220. The highest BCUT2D eigenvalue weighted by atomic mass is 19.1. The van der Waals surface area contributed by atoms with Crippen molar-refractivity contribution >= 4 is 23.3 Å². The molecule has 0 spiro atoms. The molecule has 0 unspecified atom stereocenters. The number of nitrogens with one attached hydrogen (secondary N) is 2. The second-order valence-electron chi connectivity index (χ2n) is 8.16. The summed E-state index contributed by atoms with van der Waals surface area (Å²) < 4.78 is 19.9. The number of rotatable bonds is 3. The number of nitrogens with zero attached hydrogens (tertiary/aromatic N) is 2. The van der Waals surface area contributed by atoms with Crippen LogP contribution in [0.15, 0.2) is 64.0 Å². The van der Waals surface area contributed by atoms with Crippen LogP contribution < -0.4 is 16.2 Å². The number of benzene rings is 1. The maximum atomic E-state index is 13.1. The molecule has 5 rings (SSSR count). The van der Waals surface area contributed by atoms with Crippen LogP contribution in [0.1, 0.15) is 28.6 Å². The topological polar surface area (TPSA) is 96.6 Å². The molecule has 2 aliphatic rings. The first kappa shape index (κ1) is 20.0. The first-order valence-corrected chi connectivity index (χ1v) is 10.4. The lowest BCUT2D eigenvalue weighted by Crippen LogP contribution is -2.50. The largest absolute Gasteiger partial charge is 0.459 e. The number of aromatic nitrogens is 1. The summed E-state index contributed by atoms with van der Waals surface area (Å²) in [5, 5.41) is 5.42. The van der Waals surface area contributed by atoms with Gasteiger partial charge in [-0.25, -0.2) is 9.18 Å². The average molecular weight is 436 g/mol. The molecule has 164 valence electrons. The van der Waals surface area contributed by atoms with Gasteiger partial charge in [0.25, 0.3) is 11.5 Å². The number of hydrogen-bond donors (Lipinski definition) is 2. The van der Waals surface area contributed by atoms with Gasteiger partial charge in [-0.3, -0.25) is 9.59 Å². The summed E-state index contributed by atoms with van der Waals surface area (Å²) in [5.74, 6) is -0.575. The maximum absolute atomic E-state index is 13.1. The number of urea groups is 1. The van der Waals surface area contributed by atoms with Gasteiger partial charge >= 0.3 is 6.03 Å². The first-order chi connectivity index (χ1) is 15.5. The summed E-state index contributed by atoms with van der Waals surface area (Å²) in [5.41, 5.74) is 1.31. The molecule has 8 nitrogen and oxygen atoms in total. The van der Waals surface area contributed by atoms with Crippen molar-refractivity contribution in [3.05, 3.63) is 82.4 Å². The lowest BCUT2D eigenvalue weighted by Gasteiger charge is -2.42. The smallest absolute Gasteiger partial charge is 0.321 e. The zero-order chi connectivity index (χ0) is 22.2. The van der Waals surface area contributed by atoms with E-state index in [9.17, 15) is 18.8 Å². The van der Waals surface area contributed by atoms with Crippen molar-refractivity contribution in [3.8, 4) is 0 Å². The number of fused-ring (bicyclic) bond motifs is 4. The van der Waals surface area contributed by atoms with Crippen molar-refractivity contribution in [3.63, 3.8) is 0 Å². The summed E-state index contributed by atoms with van der Waals surface area (Å²) in [6, 6.07) is 12.0. The van der Waals surface area contributed by atoms with Gasteiger partial charge in [0.05, 0.1) is 6.26 Å². The van der Waals surface area contributed by atoms with Crippen LogP contribution in [0.4, 0.5) is 20.6 Å². The molecule has 1 aromatic carbocycles. The van der Waals surface area contributed by atoms with Crippen LogP contribution in [0.25, 0.3) is 0 Å². The third-order valence-corrected chi connectivity index (χ3v) is 5.98. The minimum absolute atomic E-state index is 0.0176. The summed E-state index contributed by atoms with van der Waals surface area (Å²) in [4.78, 5) is 39.8. The summed E-state index contributed by atoms with van der Waals surface area (Å²) in [6.07, 6.45) is 2.28. The zero-order valence-electron chi connectivity index (χ0n) is 17.1. The van der Waals surface area contributed by atoms with E-state index in [-0.39, 0.29) is 40.7 Å². The van der Waals surface area contributed by atoms with Crippen molar-refractivity contribution in [2.75, 3.05) is 23.7 Å². The lowest BCUT2D eigenvalue weighted by molar-refractivity contribution is 0.0996. The predicted octanol–water partition coefficient (Wildman–Crippen LogP) is 3.48. The molecular formula is C23H21FN4O4. The maximum Gasteiger partial charge on any atom is 0.321 e. The Balaban J connectivity index is 1.33. The molecule has 2 aliphatic heterocycles. The Labute approximate surface area is 182 Å². The van der Waals surface area contributed by atoms with Crippen LogP contribution in [0.3, 0.4) is 0 Å². The number of furan rings is 1. The molecule has 3 amide bonds. The molecule has 1 saturated heterocycles. The van der Waals surface area contributed by atoms with Crippen LogP contribution in [0.2, 0.25) is 0 Å². The van der Waals surface area contributed by atoms with Crippen LogP contribution in [-0.4, -0.2) is 34.5 Å². The molecule has 4 heterocycles. The van der Waals surface area contributed by atoms with E-state index in [0.717, 1.165) is 12.1 Å². The third kappa shape index (κ3) is 3.77.